The predicted octanol–water partition coefficient (Wildman–Crippen LogP) is 7.24. The summed E-state index contributed by atoms with van der Waals surface area (Å²) in [5.74, 6) is 0.0265. The van der Waals surface area contributed by atoms with Gasteiger partial charge in [-0.1, -0.05) is 91.0 Å². The molecule has 0 spiro atoms. The Balaban J connectivity index is 0.759. The molecule has 1 aromatic heterocycles. The number of benzene rings is 5. The first-order chi connectivity index (χ1) is 30.7. The molecule has 12 nitrogen and oxygen atoms in total. The molecule has 0 saturated carbocycles. The molecule has 0 atom stereocenters. The number of nitrogens with one attached hydrogen (secondary N) is 4. The van der Waals surface area contributed by atoms with Crippen molar-refractivity contribution in [2.24, 2.45) is 0 Å². The summed E-state index contributed by atoms with van der Waals surface area (Å²) >= 11 is 0. The molecule has 5 aromatic carbocycles. The first kappa shape index (κ1) is 44.3. The van der Waals surface area contributed by atoms with E-state index >= 15 is 0 Å². The molecule has 326 valence electrons. The zero-order valence-corrected chi connectivity index (χ0v) is 35.8. The van der Waals surface area contributed by atoms with Crippen molar-refractivity contribution in [3.63, 3.8) is 0 Å². The summed E-state index contributed by atoms with van der Waals surface area (Å²) in [6.07, 6.45) is 3.74. The number of amides is 3. The molecule has 1 aliphatic heterocycles. The number of pyridine rings is 1. The van der Waals surface area contributed by atoms with E-state index in [2.05, 4.69) is 50.1 Å². The van der Waals surface area contributed by atoms with Gasteiger partial charge in [0.05, 0.1) is 17.6 Å². The largest absolute Gasteiger partial charge is 0.506 e. The van der Waals surface area contributed by atoms with Crippen LogP contribution in [0.4, 0.5) is 16.2 Å². The van der Waals surface area contributed by atoms with E-state index in [0.717, 1.165) is 84.3 Å². The van der Waals surface area contributed by atoms with E-state index in [-0.39, 0.29) is 35.6 Å². The number of ether oxygens (including phenoxy) is 1. The molecule has 6 aromatic rings. The number of piperidine rings is 1. The molecule has 0 radical (unpaired) electrons. The summed E-state index contributed by atoms with van der Waals surface area (Å²) in [4.78, 5) is 57.1. The van der Waals surface area contributed by atoms with Crippen molar-refractivity contribution in [2.75, 3.05) is 56.5 Å². The highest BCUT2D eigenvalue weighted by atomic mass is 16.6. The van der Waals surface area contributed by atoms with Crippen LogP contribution in [0.25, 0.3) is 22.0 Å². The maximum Gasteiger partial charge on any atom is 0.411 e. The van der Waals surface area contributed by atoms with Gasteiger partial charge in [0.15, 0.2) is 0 Å². The average Bonchev–Trinajstić information content (AvgIpc) is 3.30. The van der Waals surface area contributed by atoms with Gasteiger partial charge in [0, 0.05) is 62.4 Å². The van der Waals surface area contributed by atoms with E-state index in [0.29, 0.717) is 43.6 Å². The number of aromatic hydroxyl groups is 1. The molecular weight excluding hydrogens is 793 g/mol. The number of carbonyl (C=O) groups is 3. The van der Waals surface area contributed by atoms with Gasteiger partial charge in [0.2, 0.25) is 17.4 Å². The Kier molecular flexibility index (Phi) is 15.4. The van der Waals surface area contributed by atoms with Crippen LogP contribution in [0.1, 0.15) is 41.5 Å². The van der Waals surface area contributed by atoms with Gasteiger partial charge < -0.3 is 35.3 Å². The van der Waals surface area contributed by atoms with Gasteiger partial charge in [0.25, 0.3) is 0 Å². The lowest BCUT2D eigenvalue weighted by Crippen LogP contribution is -2.40. The van der Waals surface area contributed by atoms with Gasteiger partial charge in [-0.05, 0) is 103 Å². The first-order valence-corrected chi connectivity index (χ1v) is 21.8. The lowest BCUT2D eigenvalue weighted by Gasteiger charge is -2.31. The van der Waals surface area contributed by atoms with Crippen molar-refractivity contribution >= 4 is 40.2 Å². The number of hydrogen-bond donors (Lipinski definition) is 5. The molecule has 0 unspecified atom stereocenters. The fraction of sp³-hybridized carbons (Fsp3) is 0.294. The molecule has 0 bridgehead atoms. The van der Waals surface area contributed by atoms with Crippen molar-refractivity contribution < 1.29 is 24.2 Å². The van der Waals surface area contributed by atoms with Gasteiger partial charge in [-0.15, -0.1) is 0 Å². The second kappa shape index (κ2) is 21.9. The number of fused-ring (bicyclic) bond motifs is 1. The topological polar surface area (TPSA) is 156 Å². The molecule has 1 aliphatic rings. The zero-order valence-electron chi connectivity index (χ0n) is 35.8. The van der Waals surface area contributed by atoms with Crippen LogP contribution >= 0.6 is 0 Å². The Morgan fingerprint density at radius 1 is 0.778 bits per heavy atom. The molecule has 12 heteroatoms. The zero-order chi connectivity index (χ0) is 44.0. The third kappa shape index (κ3) is 12.7. The van der Waals surface area contributed by atoms with Crippen LogP contribution in [0.5, 0.6) is 5.75 Å². The Morgan fingerprint density at radius 3 is 2.27 bits per heavy atom. The normalized spacial score (nSPS) is 13.1. The molecule has 5 N–H and O–H groups in total. The molecular formula is C51H56N6O6. The number of aromatic nitrogens is 1. The van der Waals surface area contributed by atoms with Gasteiger partial charge in [-0.25, -0.2) is 4.79 Å². The number of phenolic OH excluding ortho intramolecular Hbond substituents is 1. The minimum absolute atomic E-state index is 0.00971. The maximum absolute atomic E-state index is 13.1. The van der Waals surface area contributed by atoms with Crippen LogP contribution in [0, 0.1) is 0 Å². The molecule has 2 heterocycles. The van der Waals surface area contributed by atoms with Crippen LogP contribution in [0.15, 0.2) is 132 Å². The highest BCUT2D eigenvalue weighted by Gasteiger charge is 2.24. The molecule has 0 aliphatic carbocycles. The number of likely N-dealkylation sites (tertiary alicyclic amines) is 1. The number of carbonyl (C=O) groups excluding carboxylic acids is 3. The van der Waals surface area contributed by atoms with Crippen molar-refractivity contribution in [1.82, 2.24) is 20.5 Å². The van der Waals surface area contributed by atoms with Gasteiger partial charge in [-0.2, -0.15) is 0 Å². The van der Waals surface area contributed by atoms with Gasteiger partial charge in [-0.3, -0.25) is 19.7 Å². The number of phenols is 1. The summed E-state index contributed by atoms with van der Waals surface area (Å²) in [6.45, 7) is 4.21. The Labute approximate surface area is 368 Å². The predicted molar refractivity (Wildman–Crippen MR) is 249 cm³/mol. The molecule has 1 fully saturated rings. The second-order valence-electron chi connectivity index (χ2n) is 16.1. The SMILES string of the molecule is CN(C(=O)CCN1CCC(OC(=O)Nc2ccccc2-c2ccccc2)CC1)c1ccc(CC(=O)NCCc2cccc(CCNCCc3ccc(O)c4[nH]c(=O)ccc34)c2)cc1. The summed E-state index contributed by atoms with van der Waals surface area (Å²) in [5.41, 5.74) is 7.97. The number of para-hydroxylation sites is 1. The quantitative estimate of drug-likeness (QED) is 0.0567. The third-order valence-corrected chi connectivity index (χ3v) is 11.6. The second-order valence-corrected chi connectivity index (χ2v) is 16.1. The minimum atomic E-state index is -0.462. The summed E-state index contributed by atoms with van der Waals surface area (Å²) in [6, 6.07) is 40.3. The fourth-order valence-electron chi connectivity index (χ4n) is 8.04. The van der Waals surface area contributed by atoms with E-state index in [4.69, 9.17) is 4.74 Å². The molecule has 63 heavy (non-hydrogen) atoms. The summed E-state index contributed by atoms with van der Waals surface area (Å²) in [7, 11) is 1.77. The van der Waals surface area contributed by atoms with Crippen molar-refractivity contribution in [3.8, 4) is 16.9 Å². The fourth-order valence-corrected chi connectivity index (χ4v) is 8.04. The number of anilines is 2. The minimum Gasteiger partial charge on any atom is -0.506 e. The smallest absolute Gasteiger partial charge is 0.411 e. The summed E-state index contributed by atoms with van der Waals surface area (Å²) in [5, 5.41) is 20.4. The standard InChI is InChI=1S/C51H56N6O6/c1-56(49(61)27-33-57-31-25-42(26-32-57)63-51(62)54-45-13-6-5-12-43(45)39-10-3-2-4-11-39)41-17-14-38(15-18-41)35-48(60)53-30-23-37-9-7-8-36(34-37)22-28-52-29-24-40-16-20-46(58)50-44(40)19-21-47(59)55-50/h2-21,34,42,52,58H,22-33,35H2,1H3,(H,53,60)(H,54,62)(H,55,59). The first-order valence-electron chi connectivity index (χ1n) is 21.8. The number of H-pyrrole nitrogens is 1. The molecule has 3 amide bonds. The van der Waals surface area contributed by atoms with E-state index in [1.54, 1.807) is 24.1 Å². The van der Waals surface area contributed by atoms with E-state index in [1.807, 2.05) is 84.9 Å². The Bertz CT molecular complexity index is 2530. The van der Waals surface area contributed by atoms with E-state index in [9.17, 15) is 24.3 Å². The number of hydrogen-bond acceptors (Lipinski definition) is 8. The average molecular weight is 849 g/mol. The highest BCUT2D eigenvalue weighted by Crippen LogP contribution is 2.28. The highest BCUT2D eigenvalue weighted by molar-refractivity contribution is 5.93. The maximum atomic E-state index is 13.1. The number of nitrogens with zero attached hydrogens (tertiary/aromatic N) is 2. The van der Waals surface area contributed by atoms with Gasteiger partial charge >= 0.3 is 6.09 Å². The van der Waals surface area contributed by atoms with Crippen molar-refractivity contribution in [3.05, 3.63) is 160 Å². The van der Waals surface area contributed by atoms with E-state index < -0.39 is 6.09 Å². The van der Waals surface area contributed by atoms with Crippen LogP contribution < -0.4 is 26.4 Å². The molecule has 1 saturated heterocycles. The van der Waals surface area contributed by atoms with E-state index in [1.165, 1.54) is 11.6 Å². The Morgan fingerprint density at radius 2 is 1.49 bits per heavy atom. The monoisotopic (exact) mass is 848 g/mol. The summed E-state index contributed by atoms with van der Waals surface area (Å²) < 4.78 is 5.78. The number of aromatic amines is 1. The van der Waals surface area contributed by atoms with Crippen LogP contribution in [0.2, 0.25) is 0 Å². The number of rotatable bonds is 18. The van der Waals surface area contributed by atoms with Gasteiger partial charge in [0.1, 0.15) is 11.9 Å². The van der Waals surface area contributed by atoms with Crippen molar-refractivity contribution in [2.45, 2.75) is 51.0 Å². The Hall–Kier alpha value is -6.76. The van der Waals surface area contributed by atoms with Crippen LogP contribution in [-0.2, 0) is 40.0 Å². The lowest BCUT2D eigenvalue weighted by molar-refractivity contribution is -0.120. The van der Waals surface area contributed by atoms with Crippen molar-refractivity contribution in [1.29, 1.82) is 0 Å². The van der Waals surface area contributed by atoms with Crippen LogP contribution in [0.3, 0.4) is 0 Å². The van der Waals surface area contributed by atoms with Crippen LogP contribution in [-0.4, -0.2) is 85.3 Å². The lowest BCUT2D eigenvalue weighted by atomic mass is 10.0. The third-order valence-electron chi connectivity index (χ3n) is 11.6. The molecule has 7 rings (SSSR count).